The molecule has 2 radical (unpaired) electrons. The van der Waals surface area contributed by atoms with Crippen LogP contribution in [-0.2, 0) is 33.8 Å². The van der Waals surface area contributed by atoms with Crippen LogP contribution in [-0.4, -0.2) is 19.9 Å². The third kappa shape index (κ3) is 3.74. The predicted molar refractivity (Wildman–Crippen MR) is 98.9 cm³/mol. The number of rotatable bonds is 0. The van der Waals surface area contributed by atoms with E-state index in [-0.39, 0.29) is 33.8 Å². The molecule has 2 aliphatic heterocycles. The van der Waals surface area contributed by atoms with Gasteiger partial charge in [0.1, 0.15) is 0 Å². The number of H-pyrrole nitrogens is 2. The Labute approximate surface area is 171 Å². The second kappa shape index (κ2) is 7.47. The Morgan fingerprint density at radius 1 is 0.500 bits per heavy atom. The van der Waals surface area contributed by atoms with Crippen LogP contribution in [0.2, 0.25) is 0 Å². The largest absolute Gasteiger partial charge is 0.355 e. The van der Waals surface area contributed by atoms with Gasteiger partial charge >= 0.3 is 0 Å². The molecule has 5 rings (SSSR count). The molecule has 2 N–H and O–H groups in total. The first kappa shape index (κ1) is 18.4. The molecule has 0 aliphatic carbocycles. The normalized spacial score (nSPS) is 11.7. The summed E-state index contributed by atoms with van der Waals surface area (Å²) in [7, 11) is 0. The fourth-order valence-electron chi connectivity index (χ4n) is 2.94. The molecule has 8 bridgehead atoms. The van der Waals surface area contributed by atoms with Crippen molar-refractivity contribution < 1.29 is 33.8 Å². The van der Waals surface area contributed by atoms with Crippen molar-refractivity contribution in [1.29, 1.82) is 0 Å². The van der Waals surface area contributed by atoms with Crippen molar-refractivity contribution >= 4 is 46.4 Å². The molecule has 5 heterocycles. The molecule has 4 nitrogen and oxygen atoms in total. The van der Waals surface area contributed by atoms with Gasteiger partial charge in [-0.25, -0.2) is 9.97 Å². The van der Waals surface area contributed by atoms with Crippen molar-refractivity contribution in [2.45, 2.75) is 0 Å². The minimum absolute atomic E-state index is 0. The summed E-state index contributed by atoms with van der Waals surface area (Å²) in [5.74, 6) is 0. The van der Waals surface area contributed by atoms with Gasteiger partial charge in [0.2, 0.25) is 0 Å². The molecular weight excluding hydrogens is 410 g/mol. The minimum Gasteiger partial charge on any atom is -0.355 e. The van der Waals surface area contributed by atoms with Crippen molar-refractivity contribution in [3.8, 4) is 0 Å². The number of fused-ring (bicyclic) bond motifs is 8. The van der Waals surface area contributed by atoms with E-state index in [1.165, 1.54) is 0 Å². The Morgan fingerprint density at radius 3 is 1.04 bits per heavy atom. The Kier molecular flexibility index (Phi) is 5.29. The number of nitrogens with zero attached hydrogens (tertiary/aromatic N) is 2. The van der Waals surface area contributed by atoms with E-state index in [9.17, 15) is 0 Å². The fraction of sp³-hybridized carbons (Fsp3) is 0. The Morgan fingerprint density at radius 2 is 0.769 bits per heavy atom. The van der Waals surface area contributed by atoms with Crippen LogP contribution in [0, 0.1) is 0 Å². The maximum atomic E-state index is 4.63. The predicted octanol–water partition coefficient (Wildman–Crippen LogP) is 4.65. The molecule has 0 saturated carbocycles. The molecule has 0 aromatic carbocycles. The third-order valence-corrected chi connectivity index (χ3v) is 4.04. The van der Waals surface area contributed by atoms with E-state index in [0.29, 0.717) is 0 Å². The van der Waals surface area contributed by atoms with Crippen LogP contribution < -0.4 is 0 Å². The van der Waals surface area contributed by atoms with Gasteiger partial charge in [-0.1, -0.05) is 0 Å². The topological polar surface area (TPSA) is 57.4 Å². The van der Waals surface area contributed by atoms with E-state index < -0.39 is 0 Å². The molecule has 0 fully saturated rings. The molecule has 0 saturated heterocycles. The van der Waals surface area contributed by atoms with Crippen LogP contribution >= 0.6 is 0 Å². The molecule has 3 aromatic heterocycles. The molecular formula is C20H14CoMnN4. The average molecular weight is 424 g/mol. The minimum atomic E-state index is 0. The zero-order valence-corrected chi connectivity index (χ0v) is 15.8. The summed E-state index contributed by atoms with van der Waals surface area (Å²) in [6, 6.07) is 16.4. The molecule has 2 aliphatic rings. The molecule has 6 heteroatoms. The first-order valence-corrected chi connectivity index (χ1v) is 7.85. The van der Waals surface area contributed by atoms with Gasteiger partial charge in [-0.05, 0) is 72.8 Å². The maximum absolute atomic E-state index is 4.63. The second-order valence-electron chi connectivity index (χ2n) is 5.91. The standard InChI is InChI=1S/C20H14N4.Co.Mn/c1-2-14-10-16-5-6-18(23-16)12-20-8-7-19(24-20)11-17-4-3-15(22-17)9-13(1)21-14;;/h1-12,21,24H;;. The monoisotopic (exact) mass is 424 g/mol. The smallest absolute Gasteiger partial charge is 0.0658 e. The summed E-state index contributed by atoms with van der Waals surface area (Å²) in [4.78, 5) is 16.0. The van der Waals surface area contributed by atoms with Gasteiger partial charge in [-0.15, -0.1) is 0 Å². The van der Waals surface area contributed by atoms with Gasteiger partial charge in [0.05, 0.1) is 22.8 Å². The van der Waals surface area contributed by atoms with Crippen molar-refractivity contribution in [2.24, 2.45) is 0 Å². The van der Waals surface area contributed by atoms with Crippen molar-refractivity contribution in [1.82, 2.24) is 19.9 Å². The molecule has 130 valence electrons. The van der Waals surface area contributed by atoms with Crippen LogP contribution in [0.3, 0.4) is 0 Å². The molecule has 3 aromatic rings. The molecule has 0 atom stereocenters. The van der Waals surface area contributed by atoms with Crippen LogP contribution in [0.4, 0.5) is 0 Å². The van der Waals surface area contributed by atoms with Crippen LogP contribution in [0.1, 0.15) is 22.8 Å². The van der Waals surface area contributed by atoms with Gasteiger partial charge in [-0.3, -0.25) is 0 Å². The summed E-state index contributed by atoms with van der Waals surface area (Å²) in [5, 5.41) is 0. The summed E-state index contributed by atoms with van der Waals surface area (Å²) < 4.78 is 0. The van der Waals surface area contributed by atoms with E-state index in [4.69, 9.17) is 0 Å². The molecule has 0 unspecified atom stereocenters. The van der Waals surface area contributed by atoms with Gasteiger partial charge in [-0.2, -0.15) is 0 Å². The molecule has 0 spiro atoms. The average Bonchev–Trinajstić information content (AvgIpc) is 3.32. The number of aromatic amines is 2. The van der Waals surface area contributed by atoms with E-state index in [1.54, 1.807) is 0 Å². The van der Waals surface area contributed by atoms with E-state index in [2.05, 4.69) is 44.2 Å². The van der Waals surface area contributed by atoms with Crippen molar-refractivity contribution in [2.75, 3.05) is 0 Å². The quantitative estimate of drug-likeness (QED) is 0.356. The van der Waals surface area contributed by atoms with Crippen LogP contribution in [0.15, 0.2) is 48.5 Å². The zero-order valence-electron chi connectivity index (χ0n) is 13.5. The Balaban J connectivity index is 0.000000980. The van der Waals surface area contributed by atoms with E-state index >= 15 is 0 Å². The number of hydrogen-bond donors (Lipinski definition) is 2. The zero-order chi connectivity index (χ0) is 15.9. The summed E-state index contributed by atoms with van der Waals surface area (Å²) >= 11 is 0. The number of nitrogens with one attached hydrogen (secondary N) is 2. The number of hydrogen-bond acceptors (Lipinski definition) is 2. The Hall–Kier alpha value is -2.37. The van der Waals surface area contributed by atoms with Gasteiger partial charge in [0, 0.05) is 55.9 Å². The molecule has 26 heavy (non-hydrogen) atoms. The van der Waals surface area contributed by atoms with Gasteiger partial charge in [0.25, 0.3) is 0 Å². The first-order valence-electron chi connectivity index (χ1n) is 7.85. The second-order valence-corrected chi connectivity index (χ2v) is 5.91. The SMILES string of the molecule is C1=Cc2cc3ccc(cc4nc(cc5ccc(cc1n2)[nH]5)C=C4)[nH]3.[Co].[Mn]. The van der Waals surface area contributed by atoms with E-state index in [0.717, 1.165) is 44.8 Å². The maximum Gasteiger partial charge on any atom is 0.0658 e. The van der Waals surface area contributed by atoms with Gasteiger partial charge in [0.15, 0.2) is 0 Å². The third-order valence-electron chi connectivity index (χ3n) is 4.04. The first-order chi connectivity index (χ1) is 11.8. The van der Waals surface area contributed by atoms with Crippen LogP contribution in [0.25, 0.3) is 46.4 Å². The molecule has 0 amide bonds. The Bertz CT molecular complexity index is 996. The summed E-state index contributed by atoms with van der Waals surface area (Å²) in [6.07, 6.45) is 8.09. The van der Waals surface area contributed by atoms with Gasteiger partial charge < -0.3 is 9.97 Å². The van der Waals surface area contributed by atoms with E-state index in [1.807, 2.05) is 48.6 Å². The van der Waals surface area contributed by atoms with Crippen molar-refractivity contribution in [3.05, 3.63) is 71.3 Å². The van der Waals surface area contributed by atoms with Crippen LogP contribution in [0.5, 0.6) is 0 Å². The summed E-state index contributed by atoms with van der Waals surface area (Å²) in [5.41, 5.74) is 7.86. The summed E-state index contributed by atoms with van der Waals surface area (Å²) in [6.45, 7) is 0. The fourth-order valence-corrected chi connectivity index (χ4v) is 2.94. The number of aromatic nitrogens is 4. The van der Waals surface area contributed by atoms with Crippen molar-refractivity contribution in [3.63, 3.8) is 0 Å².